The lowest BCUT2D eigenvalue weighted by Crippen LogP contribution is -1.99. The van der Waals surface area contributed by atoms with Crippen LogP contribution in [0, 0.1) is 6.92 Å². The van der Waals surface area contributed by atoms with Gasteiger partial charge in [0, 0.05) is 23.8 Å². The normalized spacial score (nSPS) is 10.7. The summed E-state index contributed by atoms with van der Waals surface area (Å²) in [4.78, 5) is 5.17. The molecule has 0 amide bonds. The zero-order valence-electron chi connectivity index (χ0n) is 10.5. The fraction of sp³-hybridized carbons (Fsp3) is 0.357. The van der Waals surface area contributed by atoms with Crippen molar-refractivity contribution in [2.75, 3.05) is 5.75 Å². The van der Waals surface area contributed by atoms with Crippen molar-refractivity contribution in [3.05, 3.63) is 42.5 Å². The number of aromatic hydroxyl groups is 1. The van der Waals surface area contributed by atoms with Gasteiger partial charge in [0.25, 0.3) is 0 Å². The van der Waals surface area contributed by atoms with Crippen molar-refractivity contribution >= 4 is 11.8 Å². The summed E-state index contributed by atoms with van der Waals surface area (Å²) in [6.45, 7) is 3.05. The van der Waals surface area contributed by atoms with Gasteiger partial charge in [-0.05, 0) is 37.7 Å². The van der Waals surface area contributed by atoms with E-state index in [0.29, 0.717) is 5.75 Å². The van der Waals surface area contributed by atoms with E-state index in [-0.39, 0.29) is 0 Å². The molecule has 1 aromatic carbocycles. The topological polar surface area (TPSA) is 38.0 Å². The molecule has 0 radical (unpaired) electrons. The number of phenols is 1. The molecule has 0 spiro atoms. The lowest BCUT2D eigenvalue weighted by atomic mass is 10.3. The van der Waals surface area contributed by atoms with Crippen LogP contribution in [0.25, 0.3) is 0 Å². The predicted octanol–water partition coefficient (Wildman–Crippen LogP) is 3.47. The van der Waals surface area contributed by atoms with E-state index in [0.717, 1.165) is 35.9 Å². The summed E-state index contributed by atoms with van der Waals surface area (Å²) in [6, 6.07) is 7.50. The number of rotatable bonds is 6. The van der Waals surface area contributed by atoms with Gasteiger partial charge in [0.15, 0.2) is 0 Å². The van der Waals surface area contributed by atoms with Crippen molar-refractivity contribution in [2.45, 2.75) is 31.2 Å². The van der Waals surface area contributed by atoms with E-state index in [1.54, 1.807) is 17.8 Å². The van der Waals surface area contributed by atoms with E-state index in [4.69, 9.17) is 0 Å². The Bertz CT molecular complexity index is 496. The van der Waals surface area contributed by atoms with E-state index >= 15 is 0 Å². The molecule has 96 valence electrons. The number of imidazole rings is 1. The van der Waals surface area contributed by atoms with Gasteiger partial charge in [-0.15, -0.1) is 11.8 Å². The minimum Gasteiger partial charge on any atom is -0.507 e. The molecule has 1 heterocycles. The zero-order chi connectivity index (χ0) is 12.8. The third-order valence-electron chi connectivity index (χ3n) is 2.84. The number of benzene rings is 1. The lowest BCUT2D eigenvalue weighted by molar-refractivity contribution is 0.462. The summed E-state index contributed by atoms with van der Waals surface area (Å²) in [5.41, 5.74) is 0. The van der Waals surface area contributed by atoms with E-state index in [1.165, 1.54) is 0 Å². The van der Waals surface area contributed by atoms with Gasteiger partial charge >= 0.3 is 0 Å². The van der Waals surface area contributed by atoms with Crippen molar-refractivity contribution in [1.29, 1.82) is 0 Å². The third kappa shape index (κ3) is 3.53. The van der Waals surface area contributed by atoms with E-state index in [9.17, 15) is 5.11 Å². The molecule has 4 heteroatoms. The molecule has 3 nitrogen and oxygen atoms in total. The van der Waals surface area contributed by atoms with Crippen LogP contribution >= 0.6 is 11.8 Å². The van der Waals surface area contributed by atoms with Gasteiger partial charge in [0.2, 0.25) is 0 Å². The van der Waals surface area contributed by atoms with Crippen molar-refractivity contribution in [3.8, 4) is 5.75 Å². The molecule has 2 rings (SSSR count). The number of nitrogens with zero attached hydrogens (tertiary/aromatic N) is 2. The van der Waals surface area contributed by atoms with Crippen molar-refractivity contribution in [3.63, 3.8) is 0 Å². The van der Waals surface area contributed by atoms with E-state index in [1.807, 2.05) is 37.5 Å². The maximum absolute atomic E-state index is 9.62. The van der Waals surface area contributed by atoms with Crippen LogP contribution < -0.4 is 0 Å². The molecule has 0 saturated heterocycles. The maximum Gasteiger partial charge on any atom is 0.129 e. The minimum atomic E-state index is 0.382. The lowest BCUT2D eigenvalue weighted by Gasteiger charge is -2.06. The number of hydrogen-bond acceptors (Lipinski definition) is 3. The molecule has 0 aliphatic carbocycles. The number of aromatic nitrogens is 2. The Morgan fingerprint density at radius 3 is 2.83 bits per heavy atom. The van der Waals surface area contributed by atoms with Gasteiger partial charge in [0.05, 0.1) is 0 Å². The number of phenolic OH excluding ortho intramolecular Hbond substituents is 1. The molecule has 0 atom stereocenters. The summed E-state index contributed by atoms with van der Waals surface area (Å²) >= 11 is 1.71. The summed E-state index contributed by atoms with van der Waals surface area (Å²) in [7, 11) is 0. The minimum absolute atomic E-state index is 0.382. The third-order valence-corrected chi connectivity index (χ3v) is 3.99. The van der Waals surface area contributed by atoms with E-state index < -0.39 is 0 Å². The fourth-order valence-electron chi connectivity index (χ4n) is 1.79. The highest BCUT2D eigenvalue weighted by atomic mass is 32.2. The second-order valence-electron chi connectivity index (χ2n) is 4.19. The average molecular weight is 262 g/mol. The molecule has 18 heavy (non-hydrogen) atoms. The largest absolute Gasteiger partial charge is 0.507 e. The molecule has 1 aromatic heterocycles. The Morgan fingerprint density at radius 2 is 2.11 bits per heavy atom. The number of para-hydroxylation sites is 1. The summed E-state index contributed by atoms with van der Waals surface area (Å²) in [5, 5.41) is 9.62. The summed E-state index contributed by atoms with van der Waals surface area (Å²) in [6.07, 6.45) is 6.13. The fourth-order valence-corrected chi connectivity index (χ4v) is 2.74. The van der Waals surface area contributed by atoms with Crippen LogP contribution in [-0.4, -0.2) is 20.4 Å². The van der Waals surface area contributed by atoms with Gasteiger partial charge < -0.3 is 9.67 Å². The van der Waals surface area contributed by atoms with Crippen LogP contribution in [-0.2, 0) is 6.54 Å². The van der Waals surface area contributed by atoms with Gasteiger partial charge in [-0.25, -0.2) is 4.98 Å². The molecule has 2 aromatic rings. The Kier molecular flexibility index (Phi) is 4.70. The number of unbranched alkanes of at least 4 members (excludes halogenated alkanes) is 1. The molecule has 0 bridgehead atoms. The number of hydrogen-bond donors (Lipinski definition) is 1. The summed E-state index contributed by atoms with van der Waals surface area (Å²) in [5.74, 6) is 2.49. The molecule has 0 aliphatic rings. The Morgan fingerprint density at radius 1 is 1.28 bits per heavy atom. The smallest absolute Gasteiger partial charge is 0.129 e. The molecular weight excluding hydrogens is 244 g/mol. The van der Waals surface area contributed by atoms with Crippen LogP contribution in [0.15, 0.2) is 41.6 Å². The monoisotopic (exact) mass is 262 g/mol. The Hall–Kier alpha value is -1.42. The van der Waals surface area contributed by atoms with Crippen molar-refractivity contribution < 1.29 is 5.11 Å². The van der Waals surface area contributed by atoms with E-state index in [2.05, 4.69) is 9.55 Å². The second kappa shape index (κ2) is 6.50. The quantitative estimate of drug-likeness (QED) is 0.640. The molecule has 0 fully saturated rings. The highest BCUT2D eigenvalue weighted by molar-refractivity contribution is 7.99. The maximum atomic E-state index is 9.62. The first-order valence-electron chi connectivity index (χ1n) is 6.16. The molecular formula is C14H18N2OS. The van der Waals surface area contributed by atoms with Crippen LogP contribution in [0.5, 0.6) is 5.75 Å². The summed E-state index contributed by atoms with van der Waals surface area (Å²) < 4.78 is 2.17. The van der Waals surface area contributed by atoms with Gasteiger partial charge in [-0.2, -0.15) is 0 Å². The molecule has 0 unspecified atom stereocenters. The van der Waals surface area contributed by atoms with Crippen molar-refractivity contribution in [1.82, 2.24) is 9.55 Å². The van der Waals surface area contributed by atoms with Gasteiger partial charge in [-0.3, -0.25) is 0 Å². The predicted molar refractivity (Wildman–Crippen MR) is 75.0 cm³/mol. The van der Waals surface area contributed by atoms with Gasteiger partial charge in [-0.1, -0.05) is 12.1 Å². The van der Waals surface area contributed by atoms with Gasteiger partial charge in [0.1, 0.15) is 11.6 Å². The standard InChI is InChI=1S/C14H18N2OS/c1-12-15-8-10-16(12)9-4-5-11-18-14-7-3-2-6-13(14)17/h2-3,6-8,10,17H,4-5,9,11H2,1H3. The van der Waals surface area contributed by atoms with Crippen LogP contribution in [0.3, 0.4) is 0 Å². The zero-order valence-corrected chi connectivity index (χ0v) is 11.4. The number of thioether (sulfide) groups is 1. The van der Waals surface area contributed by atoms with Crippen LogP contribution in [0.1, 0.15) is 18.7 Å². The van der Waals surface area contributed by atoms with Crippen molar-refractivity contribution in [2.24, 2.45) is 0 Å². The molecule has 0 aliphatic heterocycles. The SMILES string of the molecule is Cc1nccn1CCCCSc1ccccc1O. The number of aryl methyl sites for hydroxylation is 2. The highest BCUT2D eigenvalue weighted by Gasteiger charge is 2.00. The molecule has 1 N–H and O–H groups in total. The first kappa shape index (κ1) is 13.0. The first-order valence-corrected chi connectivity index (χ1v) is 7.14. The van der Waals surface area contributed by atoms with Crippen LogP contribution in [0.2, 0.25) is 0 Å². The van der Waals surface area contributed by atoms with Crippen LogP contribution in [0.4, 0.5) is 0 Å². The Labute approximate surface area is 112 Å². The Balaban J connectivity index is 1.68. The molecule has 0 saturated carbocycles. The highest BCUT2D eigenvalue weighted by Crippen LogP contribution is 2.28. The first-order chi connectivity index (χ1) is 8.77. The average Bonchev–Trinajstić information content (AvgIpc) is 2.77. The second-order valence-corrected chi connectivity index (χ2v) is 5.33.